The van der Waals surface area contributed by atoms with E-state index in [-0.39, 0.29) is 10.8 Å². The van der Waals surface area contributed by atoms with Crippen LogP contribution in [0.5, 0.6) is 0 Å². The first-order valence-corrected chi connectivity index (χ1v) is 8.60. The molecule has 0 aliphatic heterocycles. The molecular weight excluding hydrogens is 296 g/mol. The standard InChI is InChI=1S/C17H20N2O2S/c1-13(2)17(15-7-5-4-6-8-15)18-19-22(20,21)16-11-9-14(3)10-12-16/h4-13,19H,1-3H3/b18-17-. The molecule has 0 heterocycles. The second-order valence-electron chi connectivity index (χ2n) is 5.43. The molecular formula is C17H20N2O2S. The Labute approximate surface area is 131 Å². The van der Waals surface area contributed by atoms with Crippen molar-refractivity contribution in [1.82, 2.24) is 4.83 Å². The molecule has 4 nitrogen and oxygen atoms in total. The van der Waals surface area contributed by atoms with Gasteiger partial charge in [-0.05, 0) is 30.5 Å². The van der Waals surface area contributed by atoms with Gasteiger partial charge in [0.2, 0.25) is 0 Å². The normalized spacial score (nSPS) is 12.5. The van der Waals surface area contributed by atoms with E-state index in [1.807, 2.05) is 51.1 Å². The van der Waals surface area contributed by atoms with Crippen LogP contribution in [0.4, 0.5) is 0 Å². The second-order valence-corrected chi connectivity index (χ2v) is 7.09. The van der Waals surface area contributed by atoms with Crippen LogP contribution in [0.15, 0.2) is 64.6 Å². The van der Waals surface area contributed by atoms with Crippen LogP contribution >= 0.6 is 0 Å². The minimum atomic E-state index is -3.65. The van der Waals surface area contributed by atoms with Gasteiger partial charge >= 0.3 is 0 Å². The molecule has 0 aliphatic rings. The number of hydrazone groups is 1. The molecule has 0 spiro atoms. The van der Waals surface area contributed by atoms with Gasteiger partial charge in [0.15, 0.2) is 0 Å². The summed E-state index contributed by atoms with van der Waals surface area (Å²) in [5, 5.41) is 4.14. The van der Waals surface area contributed by atoms with E-state index in [2.05, 4.69) is 9.93 Å². The van der Waals surface area contributed by atoms with Gasteiger partial charge in [-0.2, -0.15) is 18.4 Å². The Kier molecular flexibility index (Phi) is 4.98. The van der Waals surface area contributed by atoms with E-state index < -0.39 is 10.0 Å². The fourth-order valence-electron chi connectivity index (χ4n) is 2.02. The molecule has 0 saturated carbocycles. The van der Waals surface area contributed by atoms with Crippen LogP contribution in [0.3, 0.4) is 0 Å². The monoisotopic (exact) mass is 316 g/mol. The minimum Gasteiger partial charge on any atom is -0.200 e. The average Bonchev–Trinajstić information content (AvgIpc) is 2.48. The number of hydrogen-bond donors (Lipinski definition) is 1. The molecule has 1 N–H and O–H groups in total. The molecule has 22 heavy (non-hydrogen) atoms. The van der Waals surface area contributed by atoms with Crippen molar-refractivity contribution < 1.29 is 8.42 Å². The van der Waals surface area contributed by atoms with Gasteiger partial charge in [-0.3, -0.25) is 0 Å². The van der Waals surface area contributed by atoms with Crippen molar-refractivity contribution in [3.8, 4) is 0 Å². The number of rotatable bonds is 5. The maximum Gasteiger partial charge on any atom is 0.276 e. The van der Waals surface area contributed by atoms with Gasteiger partial charge in [-0.15, -0.1) is 0 Å². The average molecular weight is 316 g/mol. The molecule has 0 bridgehead atoms. The molecule has 2 aromatic carbocycles. The quantitative estimate of drug-likeness (QED) is 0.679. The summed E-state index contributed by atoms with van der Waals surface area (Å²) >= 11 is 0. The fourth-order valence-corrected chi connectivity index (χ4v) is 2.83. The van der Waals surface area contributed by atoms with E-state index in [9.17, 15) is 8.42 Å². The zero-order valence-corrected chi connectivity index (χ0v) is 13.8. The Hall–Kier alpha value is -2.14. The van der Waals surface area contributed by atoms with Crippen LogP contribution in [-0.4, -0.2) is 14.1 Å². The smallest absolute Gasteiger partial charge is 0.200 e. The van der Waals surface area contributed by atoms with E-state index in [1.54, 1.807) is 24.3 Å². The summed E-state index contributed by atoms with van der Waals surface area (Å²) in [6.45, 7) is 5.87. The molecule has 0 amide bonds. The Bertz CT molecular complexity index is 749. The van der Waals surface area contributed by atoms with E-state index in [1.165, 1.54) is 0 Å². The van der Waals surface area contributed by atoms with Gasteiger partial charge in [-0.1, -0.05) is 61.9 Å². The Morgan fingerprint density at radius 2 is 1.59 bits per heavy atom. The Balaban J connectivity index is 2.29. The summed E-state index contributed by atoms with van der Waals surface area (Å²) in [5.74, 6) is 0.100. The first-order valence-electron chi connectivity index (χ1n) is 7.11. The zero-order chi connectivity index (χ0) is 16.2. The van der Waals surface area contributed by atoms with Crippen LogP contribution in [0.2, 0.25) is 0 Å². The largest absolute Gasteiger partial charge is 0.276 e. The summed E-state index contributed by atoms with van der Waals surface area (Å²) in [4.78, 5) is 2.54. The molecule has 0 aromatic heterocycles. The number of aryl methyl sites for hydroxylation is 1. The lowest BCUT2D eigenvalue weighted by Gasteiger charge is -2.11. The summed E-state index contributed by atoms with van der Waals surface area (Å²) in [6.07, 6.45) is 0. The third-order valence-corrected chi connectivity index (χ3v) is 4.46. The van der Waals surface area contributed by atoms with Crippen molar-refractivity contribution >= 4 is 15.7 Å². The van der Waals surface area contributed by atoms with Gasteiger partial charge in [0.05, 0.1) is 10.6 Å². The molecule has 5 heteroatoms. The number of nitrogens with one attached hydrogen (secondary N) is 1. The van der Waals surface area contributed by atoms with Crippen molar-refractivity contribution in [2.45, 2.75) is 25.7 Å². The maximum atomic E-state index is 12.3. The minimum absolute atomic E-state index is 0.100. The molecule has 2 rings (SSSR count). The number of hydrogen-bond acceptors (Lipinski definition) is 3. The molecule has 0 radical (unpaired) electrons. The van der Waals surface area contributed by atoms with Crippen LogP contribution in [0.1, 0.15) is 25.0 Å². The lowest BCUT2D eigenvalue weighted by Crippen LogP contribution is -2.22. The van der Waals surface area contributed by atoms with Crippen LogP contribution in [0.25, 0.3) is 0 Å². The Morgan fingerprint density at radius 3 is 2.14 bits per heavy atom. The lowest BCUT2D eigenvalue weighted by atomic mass is 10.0. The molecule has 0 aliphatic carbocycles. The van der Waals surface area contributed by atoms with Crippen molar-refractivity contribution in [2.75, 3.05) is 0 Å². The lowest BCUT2D eigenvalue weighted by molar-refractivity contribution is 0.584. The second kappa shape index (κ2) is 6.75. The molecule has 0 atom stereocenters. The predicted molar refractivity (Wildman–Crippen MR) is 89.3 cm³/mol. The first kappa shape index (κ1) is 16.2. The number of benzene rings is 2. The summed E-state index contributed by atoms with van der Waals surface area (Å²) < 4.78 is 24.6. The number of nitrogens with zero attached hydrogens (tertiary/aromatic N) is 1. The van der Waals surface area contributed by atoms with Gasteiger partial charge < -0.3 is 0 Å². The summed E-state index contributed by atoms with van der Waals surface area (Å²) in [7, 11) is -3.65. The molecule has 0 fully saturated rings. The first-order chi connectivity index (χ1) is 10.4. The highest BCUT2D eigenvalue weighted by atomic mass is 32.2. The van der Waals surface area contributed by atoms with Gasteiger partial charge in [0, 0.05) is 0 Å². The van der Waals surface area contributed by atoms with E-state index >= 15 is 0 Å². The van der Waals surface area contributed by atoms with Crippen molar-refractivity contribution in [3.05, 3.63) is 65.7 Å². The Morgan fingerprint density at radius 1 is 1.00 bits per heavy atom. The number of sulfonamides is 1. The van der Waals surface area contributed by atoms with E-state index in [0.29, 0.717) is 5.71 Å². The van der Waals surface area contributed by atoms with Gasteiger partial charge in [-0.25, -0.2) is 0 Å². The highest BCUT2D eigenvalue weighted by molar-refractivity contribution is 7.89. The summed E-state index contributed by atoms with van der Waals surface area (Å²) in [5.41, 5.74) is 2.62. The third-order valence-electron chi connectivity index (χ3n) is 3.23. The molecule has 0 unspecified atom stereocenters. The highest BCUT2D eigenvalue weighted by Gasteiger charge is 2.14. The summed E-state index contributed by atoms with van der Waals surface area (Å²) in [6, 6.07) is 16.2. The van der Waals surface area contributed by atoms with E-state index in [4.69, 9.17) is 0 Å². The van der Waals surface area contributed by atoms with Gasteiger partial charge in [0.1, 0.15) is 0 Å². The van der Waals surface area contributed by atoms with Crippen molar-refractivity contribution in [2.24, 2.45) is 11.0 Å². The SMILES string of the molecule is Cc1ccc(S(=O)(=O)N/N=C(\c2ccccc2)C(C)C)cc1. The van der Waals surface area contributed by atoms with Crippen molar-refractivity contribution in [3.63, 3.8) is 0 Å². The van der Waals surface area contributed by atoms with Crippen LogP contribution in [0, 0.1) is 12.8 Å². The van der Waals surface area contributed by atoms with E-state index in [0.717, 1.165) is 11.1 Å². The molecule has 2 aromatic rings. The maximum absolute atomic E-state index is 12.3. The third kappa shape index (κ3) is 3.95. The topological polar surface area (TPSA) is 58.5 Å². The molecule has 0 saturated heterocycles. The zero-order valence-electron chi connectivity index (χ0n) is 12.9. The van der Waals surface area contributed by atoms with Crippen LogP contribution < -0.4 is 4.83 Å². The van der Waals surface area contributed by atoms with Crippen molar-refractivity contribution in [1.29, 1.82) is 0 Å². The molecule has 116 valence electrons. The highest BCUT2D eigenvalue weighted by Crippen LogP contribution is 2.12. The van der Waals surface area contributed by atoms with Crippen LogP contribution in [-0.2, 0) is 10.0 Å². The predicted octanol–water partition coefficient (Wildman–Crippen LogP) is 3.33. The van der Waals surface area contributed by atoms with Gasteiger partial charge in [0.25, 0.3) is 10.0 Å². The fraction of sp³-hybridized carbons (Fsp3) is 0.235.